The predicted molar refractivity (Wildman–Crippen MR) is 118 cm³/mol. The highest BCUT2D eigenvalue weighted by Crippen LogP contribution is 2.36. The lowest BCUT2D eigenvalue weighted by Gasteiger charge is -2.19. The van der Waals surface area contributed by atoms with E-state index >= 15 is 0 Å². The van der Waals surface area contributed by atoms with Crippen LogP contribution in [-0.2, 0) is 6.18 Å². The number of anilines is 2. The third kappa shape index (κ3) is 5.26. The first-order chi connectivity index (χ1) is 16.2. The van der Waals surface area contributed by atoms with Gasteiger partial charge < -0.3 is 14.5 Å². The van der Waals surface area contributed by atoms with Crippen LogP contribution in [0.5, 0.6) is 11.5 Å². The van der Waals surface area contributed by atoms with E-state index in [0.29, 0.717) is 22.9 Å². The molecule has 0 saturated carbocycles. The maximum absolute atomic E-state index is 13.1. The van der Waals surface area contributed by atoms with Crippen LogP contribution < -0.4 is 15.0 Å². The van der Waals surface area contributed by atoms with Crippen LogP contribution in [0.1, 0.15) is 5.56 Å². The molecule has 0 spiro atoms. The molecule has 8 nitrogen and oxygen atoms in total. The van der Waals surface area contributed by atoms with Crippen LogP contribution in [0.3, 0.4) is 0 Å². The number of carbonyl (C=O) groups is 1. The Labute approximate surface area is 196 Å². The average molecular weight is 490 g/mol. The van der Waals surface area contributed by atoms with Gasteiger partial charge in [0.05, 0.1) is 10.6 Å². The number of ether oxygens (including phenoxy) is 1. The standard InChI is InChI=1S/C22H15ClF3N5O3/c1-31(21(32)29-13-5-6-18(23)17(9-13)22(24,25)26)14-3-2-4-15(10-14)34-16-7-8-27-19(11-16)20-30-28-12-33-20/h2-12H,1H3,(H,29,32). The fourth-order valence-electron chi connectivity index (χ4n) is 2.91. The zero-order valence-corrected chi connectivity index (χ0v) is 18.1. The molecule has 1 N–H and O–H groups in total. The molecule has 2 aromatic carbocycles. The number of alkyl halides is 3. The summed E-state index contributed by atoms with van der Waals surface area (Å²) in [5.41, 5.74) is -0.233. The van der Waals surface area contributed by atoms with Gasteiger partial charge in [-0.1, -0.05) is 17.7 Å². The van der Waals surface area contributed by atoms with Gasteiger partial charge in [0.1, 0.15) is 17.2 Å². The van der Waals surface area contributed by atoms with E-state index in [9.17, 15) is 18.0 Å². The summed E-state index contributed by atoms with van der Waals surface area (Å²) in [7, 11) is 1.47. The van der Waals surface area contributed by atoms with Crippen LogP contribution in [0, 0.1) is 0 Å². The topological polar surface area (TPSA) is 93.4 Å². The molecule has 2 aromatic heterocycles. The lowest BCUT2D eigenvalue weighted by molar-refractivity contribution is -0.137. The molecule has 0 aliphatic carbocycles. The maximum Gasteiger partial charge on any atom is 0.417 e. The number of rotatable bonds is 5. The number of benzene rings is 2. The number of amides is 2. The number of halogens is 4. The smallest absolute Gasteiger partial charge is 0.417 e. The zero-order valence-electron chi connectivity index (χ0n) is 17.4. The van der Waals surface area contributed by atoms with Gasteiger partial charge >= 0.3 is 12.2 Å². The summed E-state index contributed by atoms with van der Waals surface area (Å²) < 4.78 is 50.2. The van der Waals surface area contributed by atoms with Gasteiger partial charge in [-0.2, -0.15) is 13.2 Å². The second kappa shape index (κ2) is 9.40. The quantitative estimate of drug-likeness (QED) is 0.355. The number of hydrogen-bond acceptors (Lipinski definition) is 6. The number of nitrogens with one attached hydrogen (secondary N) is 1. The minimum absolute atomic E-state index is 0.0497. The van der Waals surface area contributed by atoms with Gasteiger partial charge in [-0.3, -0.25) is 9.88 Å². The van der Waals surface area contributed by atoms with Crippen molar-refractivity contribution in [3.63, 3.8) is 0 Å². The van der Waals surface area contributed by atoms with E-state index in [1.165, 1.54) is 30.6 Å². The van der Waals surface area contributed by atoms with Crippen molar-refractivity contribution in [2.75, 3.05) is 17.3 Å². The van der Waals surface area contributed by atoms with Crippen molar-refractivity contribution >= 4 is 29.0 Å². The van der Waals surface area contributed by atoms with Crippen molar-refractivity contribution in [3.8, 4) is 23.1 Å². The highest BCUT2D eigenvalue weighted by atomic mass is 35.5. The van der Waals surface area contributed by atoms with Gasteiger partial charge in [-0.15, -0.1) is 10.2 Å². The highest BCUT2D eigenvalue weighted by molar-refractivity contribution is 6.31. The number of urea groups is 1. The Bertz CT molecular complexity index is 1320. The third-order valence-electron chi connectivity index (χ3n) is 4.58. The summed E-state index contributed by atoms with van der Waals surface area (Å²) in [6.45, 7) is 0. The van der Waals surface area contributed by atoms with Gasteiger partial charge in [-0.25, -0.2) is 4.79 Å². The average Bonchev–Trinajstić information content (AvgIpc) is 3.34. The Morgan fingerprint density at radius 3 is 2.65 bits per heavy atom. The SMILES string of the molecule is CN(C(=O)Nc1ccc(Cl)c(C(F)(F)F)c1)c1cccc(Oc2ccnc(-c3nnco3)c2)c1. The molecule has 0 radical (unpaired) electrons. The molecule has 0 atom stereocenters. The van der Waals surface area contributed by atoms with E-state index in [0.717, 1.165) is 12.1 Å². The minimum Gasteiger partial charge on any atom is -0.457 e. The van der Waals surface area contributed by atoms with E-state index < -0.39 is 22.8 Å². The first kappa shape index (κ1) is 23.1. The summed E-state index contributed by atoms with van der Waals surface area (Å²) >= 11 is 5.63. The summed E-state index contributed by atoms with van der Waals surface area (Å²) in [6.07, 6.45) is -1.95. The van der Waals surface area contributed by atoms with Crippen molar-refractivity contribution in [1.82, 2.24) is 15.2 Å². The molecule has 4 rings (SSSR count). The van der Waals surface area contributed by atoms with E-state index in [1.54, 1.807) is 36.4 Å². The second-order valence-corrected chi connectivity index (χ2v) is 7.31. The Morgan fingerprint density at radius 1 is 1.12 bits per heavy atom. The number of pyridine rings is 1. The molecule has 2 amide bonds. The molecule has 0 aliphatic rings. The fourth-order valence-corrected chi connectivity index (χ4v) is 3.14. The minimum atomic E-state index is -4.65. The molecule has 0 fully saturated rings. The second-order valence-electron chi connectivity index (χ2n) is 6.90. The van der Waals surface area contributed by atoms with Crippen LogP contribution in [0.25, 0.3) is 11.6 Å². The third-order valence-corrected chi connectivity index (χ3v) is 4.91. The van der Waals surface area contributed by atoms with Crippen LogP contribution in [0.2, 0.25) is 5.02 Å². The Hall–Kier alpha value is -4.12. The van der Waals surface area contributed by atoms with Gasteiger partial charge in [0.15, 0.2) is 0 Å². The van der Waals surface area contributed by atoms with Crippen LogP contribution in [-0.4, -0.2) is 28.3 Å². The van der Waals surface area contributed by atoms with Crippen molar-refractivity contribution in [1.29, 1.82) is 0 Å². The number of aromatic nitrogens is 3. The van der Waals surface area contributed by atoms with Crippen molar-refractivity contribution in [2.24, 2.45) is 0 Å². The van der Waals surface area contributed by atoms with Crippen LogP contribution in [0.15, 0.2) is 71.6 Å². The van der Waals surface area contributed by atoms with E-state index in [4.69, 9.17) is 20.8 Å². The predicted octanol–water partition coefficient (Wildman–Crippen LogP) is 6.26. The maximum atomic E-state index is 13.1. The molecule has 174 valence electrons. The van der Waals surface area contributed by atoms with Crippen molar-refractivity contribution < 1.29 is 27.1 Å². The largest absolute Gasteiger partial charge is 0.457 e. The van der Waals surface area contributed by atoms with Crippen molar-refractivity contribution in [3.05, 3.63) is 77.8 Å². The molecular weight excluding hydrogens is 475 g/mol. The van der Waals surface area contributed by atoms with Crippen LogP contribution >= 0.6 is 11.6 Å². The molecule has 0 bridgehead atoms. The van der Waals surface area contributed by atoms with E-state index in [1.807, 2.05) is 0 Å². The van der Waals surface area contributed by atoms with E-state index in [-0.39, 0.29) is 11.6 Å². The normalized spacial score (nSPS) is 11.2. The van der Waals surface area contributed by atoms with Gasteiger partial charge in [0, 0.05) is 36.8 Å². The summed E-state index contributed by atoms with van der Waals surface area (Å²) in [4.78, 5) is 18.0. The summed E-state index contributed by atoms with van der Waals surface area (Å²) in [5, 5.41) is 9.37. The molecular formula is C22H15ClF3N5O3. The molecule has 2 heterocycles. The molecule has 4 aromatic rings. The molecule has 0 saturated heterocycles. The number of carbonyl (C=O) groups excluding carboxylic acids is 1. The molecule has 34 heavy (non-hydrogen) atoms. The zero-order chi connectivity index (χ0) is 24.3. The molecule has 0 aliphatic heterocycles. The van der Waals surface area contributed by atoms with Crippen molar-refractivity contribution in [2.45, 2.75) is 6.18 Å². The molecule has 0 unspecified atom stereocenters. The highest BCUT2D eigenvalue weighted by Gasteiger charge is 2.33. The van der Waals surface area contributed by atoms with Gasteiger partial charge in [0.2, 0.25) is 6.39 Å². The lowest BCUT2D eigenvalue weighted by Crippen LogP contribution is -2.31. The molecule has 12 heteroatoms. The van der Waals surface area contributed by atoms with Crippen LogP contribution in [0.4, 0.5) is 29.3 Å². The monoisotopic (exact) mass is 489 g/mol. The van der Waals surface area contributed by atoms with Gasteiger partial charge in [-0.05, 0) is 36.4 Å². The lowest BCUT2D eigenvalue weighted by atomic mass is 10.2. The Kier molecular flexibility index (Phi) is 6.37. The fraction of sp³-hybridized carbons (Fsp3) is 0.0909. The first-order valence-corrected chi connectivity index (χ1v) is 10.0. The van der Waals surface area contributed by atoms with E-state index in [2.05, 4.69) is 20.5 Å². The first-order valence-electron chi connectivity index (χ1n) is 9.62. The number of hydrogen-bond donors (Lipinski definition) is 1. The summed E-state index contributed by atoms with van der Waals surface area (Å²) in [5.74, 6) is 1.07. The van der Waals surface area contributed by atoms with Gasteiger partial charge in [0.25, 0.3) is 5.89 Å². The number of nitrogens with zero attached hydrogens (tertiary/aromatic N) is 4. The summed E-state index contributed by atoms with van der Waals surface area (Å²) in [6, 6.07) is 12.3. The Balaban J connectivity index is 1.48. The Morgan fingerprint density at radius 2 is 1.91 bits per heavy atom.